The summed E-state index contributed by atoms with van der Waals surface area (Å²) < 4.78 is 22.4. The van der Waals surface area contributed by atoms with Crippen molar-refractivity contribution >= 4 is 40.0 Å². The molecule has 11 nitrogen and oxygen atoms in total. The molecule has 1 spiro atoms. The minimum Gasteiger partial charge on any atom is -0.369 e. The fraction of sp³-hybridized carbons (Fsp3) is 0.525. The van der Waals surface area contributed by atoms with Crippen LogP contribution >= 0.6 is 0 Å². The van der Waals surface area contributed by atoms with Crippen molar-refractivity contribution < 1.29 is 18.7 Å². The number of fused-ring (bicyclic) bond motifs is 3. The summed E-state index contributed by atoms with van der Waals surface area (Å²) >= 11 is 0. The molecule has 12 heteroatoms. The fourth-order valence-corrected chi connectivity index (χ4v) is 8.80. The van der Waals surface area contributed by atoms with Crippen LogP contribution in [0.15, 0.2) is 49.1 Å². The van der Waals surface area contributed by atoms with E-state index in [2.05, 4.69) is 46.1 Å². The van der Waals surface area contributed by atoms with Crippen LogP contribution < -0.4 is 10.2 Å². The average Bonchev–Trinajstić information content (AvgIpc) is 3.67. The maximum absolute atomic E-state index is 14.9. The van der Waals surface area contributed by atoms with Gasteiger partial charge in [-0.25, -0.2) is 14.4 Å². The molecule has 4 aliphatic rings. The molecule has 4 aromatic rings. The number of methoxy groups -OCH3 is 1. The van der Waals surface area contributed by atoms with Crippen LogP contribution in [0.1, 0.15) is 84.2 Å². The summed E-state index contributed by atoms with van der Waals surface area (Å²) in [5.41, 5.74) is 3.67. The molecule has 1 aliphatic carbocycles. The Morgan fingerprint density at radius 1 is 1.04 bits per heavy atom. The number of halogens is 1. The van der Waals surface area contributed by atoms with Crippen LogP contribution in [-0.4, -0.2) is 92.1 Å². The molecular formula is C40H49FN8O3. The Balaban J connectivity index is 1.17. The second kappa shape index (κ2) is 13.2. The first-order valence-corrected chi connectivity index (χ1v) is 18.8. The molecule has 0 radical (unpaired) electrons. The molecule has 3 aliphatic heterocycles. The lowest BCUT2D eigenvalue weighted by Gasteiger charge is -2.48. The normalized spacial score (nSPS) is 21.9. The summed E-state index contributed by atoms with van der Waals surface area (Å²) in [5, 5.41) is 3.22. The maximum Gasteiger partial charge on any atom is 0.254 e. The first kappa shape index (κ1) is 34.7. The number of imidazole rings is 1. The Hall–Kier alpha value is -4.42. The number of likely N-dealkylation sites (tertiary alicyclic amines) is 2. The lowest BCUT2D eigenvalue weighted by Crippen LogP contribution is -2.59. The zero-order valence-corrected chi connectivity index (χ0v) is 30.9. The van der Waals surface area contributed by atoms with Crippen LogP contribution in [0.3, 0.4) is 0 Å². The summed E-state index contributed by atoms with van der Waals surface area (Å²) in [5.74, 6) is 0.114. The third-order valence-corrected chi connectivity index (χ3v) is 12.1. The van der Waals surface area contributed by atoms with Gasteiger partial charge < -0.3 is 29.3 Å². The van der Waals surface area contributed by atoms with Gasteiger partial charge in [-0.05, 0) is 103 Å². The van der Waals surface area contributed by atoms with Gasteiger partial charge in [0.1, 0.15) is 11.1 Å². The van der Waals surface area contributed by atoms with E-state index in [0.29, 0.717) is 43.5 Å². The van der Waals surface area contributed by atoms with E-state index in [9.17, 15) is 14.0 Å². The van der Waals surface area contributed by atoms with E-state index in [1.54, 1.807) is 39.5 Å². The highest BCUT2D eigenvalue weighted by Gasteiger charge is 2.56. The predicted octanol–water partition coefficient (Wildman–Crippen LogP) is 6.61. The van der Waals surface area contributed by atoms with Crippen molar-refractivity contribution in [2.24, 2.45) is 0 Å². The minimum atomic E-state index is -0.922. The minimum absolute atomic E-state index is 0.0523. The summed E-state index contributed by atoms with van der Waals surface area (Å²) in [6.07, 6.45) is 11.3. The topological polar surface area (TPSA) is 109 Å². The lowest BCUT2D eigenvalue weighted by atomic mass is 9.73. The van der Waals surface area contributed by atoms with Crippen molar-refractivity contribution in [2.45, 2.75) is 102 Å². The van der Waals surface area contributed by atoms with Crippen LogP contribution in [0.25, 0.3) is 22.3 Å². The van der Waals surface area contributed by atoms with Gasteiger partial charge in [0.05, 0.1) is 34.8 Å². The molecule has 1 aromatic carbocycles. The number of nitrogens with one attached hydrogen (secondary N) is 1. The Labute approximate surface area is 304 Å². The first-order chi connectivity index (χ1) is 25.0. The molecule has 1 saturated carbocycles. The number of hydrogen-bond acceptors (Lipinski definition) is 8. The number of rotatable bonds is 8. The number of ether oxygens (including phenoxy) is 1. The number of aromatic nitrogens is 4. The third kappa shape index (κ3) is 5.74. The standard InChI is InChI=1S/C40H49FN8O3/c1-25(2)48-24-43-33-22-32(45-36(35(33)48)44-31-11-14-42-23-30(31)41)26-9-10-29-34(19-26)49(28-20-27(21-28)46-15-7-6-8-16-46)38(51)40(29)12-17-47(18-13-40)37(50)39(3,4)52-5/h9-11,14,19,22-25,27-28H,6-8,12-13,15-18,20-21H2,1-5H3,(H,42,44,45)/t27-,28+. The number of carbonyl (C=O) groups excluding carboxylic acids is 2. The molecule has 3 fully saturated rings. The van der Waals surface area contributed by atoms with Gasteiger partial charge in [-0.2, -0.15) is 0 Å². The van der Waals surface area contributed by atoms with Crippen LogP contribution in [0.5, 0.6) is 0 Å². The van der Waals surface area contributed by atoms with Crippen LogP contribution in [0.4, 0.5) is 21.6 Å². The molecule has 6 heterocycles. The molecule has 0 atom stereocenters. The number of amides is 2. The Kier molecular flexibility index (Phi) is 8.81. The first-order valence-electron chi connectivity index (χ1n) is 18.8. The molecule has 274 valence electrons. The molecule has 3 aromatic heterocycles. The Morgan fingerprint density at radius 2 is 1.79 bits per heavy atom. The monoisotopic (exact) mass is 708 g/mol. The maximum atomic E-state index is 14.9. The van der Waals surface area contributed by atoms with Crippen molar-refractivity contribution in [3.63, 3.8) is 0 Å². The summed E-state index contributed by atoms with van der Waals surface area (Å²) in [6.45, 7) is 11.0. The highest BCUT2D eigenvalue weighted by atomic mass is 19.1. The van der Waals surface area contributed by atoms with Crippen molar-refractivity contribution in [3.8, 4) is 11.3 Å². The van der Waals surface area contributed by atoms with E-state index in [1.807, 2.05) is 21.6 Å². The largest absolute Gasteiger partial charge is 0.369 e. The van der Waals surface area contributed by atoms with E-state index in [1.165, 1.54) is 25.5 Å². The lowest BCUT2D eigenvalue weighted by molar-refractivity contribution is -0.153. The molecule has 52 heavy (non-hydrogen) atoms. The fourth-order valence-electron chi connectivity index (χ4n) is 8.80. The van der Waals surface area contributed by atoms with Crippen molar-refractivity contribution in [1.82, 2.24) is 29.3 Å². The smallest absolute Gasteiger partial charge is 0.254 e. The number of piperidine rings is 2. The second-order valence-corrected chi connectivity index (χ2v) is 15.8. The van der Waals surface area contributed by atoms with Crippen molar-refractivity contribution in [1.29, 1.82) is 0 Å². The molecule has 2 saturated heterocycles. The molecule has 0 bridgehead atoms. The van der Waals surface area contributed by atoms with Crippen LogP contribution in [0, 0.1) is 5.82 Å². The van der Waals surface area contributed by atoms with E-state index in [-0.39, 0.29) is 29.6 Å². The van der Waals surface area contributed by atoms with Crippen molar-refractivity contribution in [2.75, 3.05) is 43.5 Å². The van der Waals surface area contributed by atoms with Gasteiger partial charge in [-0.15, -0.1) is 0 Å². The highest BCUT2D eigenvalue weighted by Crippen LogP contribution is 2.52. The number of carbonyl (C=O) groups is 2. The van der Waals surface area contributed by atoms with E-state index < -0.39 is 16.8 Å². The molecular weight excluding hydrogens is 659 g/mol. The van der Waals surface area contributed by atoms with Crippen molar-refractivity contribution in [3.05, 3.63) is 60.4 Å². The average molecular weight is 709 g/mol. The van der Waals surface area contributed by atoms with Gasteiger partial charge in [0.15, 0.2) is 11.6 Å². The Bertz CT molecular complexity index is 2010. The SMILES string of the molecule is COC(C)(C)C(=O)N1CCC2(CC1)C(=O)N([C@H]1C[C@@H](N3CCCCC3)C1)c1cc(-c3cc4ncn(C(C)C)c4c(Nc4ccncc4F)n3)ccc12. The zero-order valence-electron chi connectivity index (χ0n) is 30.9. The number of anilines is 3. The van der Waals surface area contributed by atoms with Crippen LogP contribution in [-0.2, 0) is 19.7 Å². The number of pyridine rings is 2. The van der Waals surface area contributed by atoms with Gasteiger partial charge >= 0.3 is 0 Å². The van der Waals surface area contributed by atoms with Crippen LogP contribution in [0.2, 0.25) is 0 Å². The van der Waals surface area contributed by atoms with Gasteiger partial charge in [0, 0.05) is 55.8 Å². The number of nitrogens with zero attached hydrogens (tertiary/aromatic N) is 7. The third-order valence-electron chi connectivity index (χ3n) is 12.1. The van der Waals surface area contributed by atoms with E-state index in [0.717, 1.165) is 53.8 Å². The van der Waals surface area contributed by atoms with Gasteiger partial charge in [0.25, 0.3) is 5.91 Å². The van der Waals surface area contributed by atoms with E-state index in [4.69, 9.17) is 14.7 Å². The molecule has 0 unspecified atom stereocenters. The quantitative estimate of drug-likeness (QED) is 0.218. The van der Waals surface area contributed by atoms with E-state index >= 15 is 0 Å². The zero-order chi connectivity index (χ0) is 36.4. The molecule has 8 rings (SSSR count). The van der Waals surface area contributed by atoms with Gasteiger partial charge in [0.2, 0.25) is 5.91 Å². The summed E-state index contributed by atoms with van der Waals surface area (Å²) in [4.78, 5) is 48.5. The van der Waals surface area contributed by atoms with Gasteiger partial charge in [-0.3, -0.25) is 14.6 Å². The summed E-state index contributed by atoms with van der Waals surface area (Å²) in [7, 11) is 1.56. The summed E-state index contributed by atoms with van der Waals surface area (Å²) in [6, 6.07) is 10.6. The van der Waals surface area contributed by atoms with Gasteiger partial charge in [-0.1, -0.05) is 18.6 Å². The Morgan fingerprint density at radius 3 is 2.48 bits per heavy atom. The number of hydrogen-bond donors (Lipinski definition) is 1. The number of benzene rings is 1. The predicted molar refractivity (Wildman–Crippen MR) is 199 cm³/mol. The highest BCUT2D eigenvalue weighted by molar-refractivity contribution is 6.09. The molecule has 2 amide bonds. The molecule has 1 N–H and O–H groups in total. The second-order valence-electron chi connectivity index (χ2n) is 15.8.